The Morgan fingerprint density at radius 2 is 1.69 bits per heavy atom. The summed E-state index contributed by atoms with van der Waals surface area (Å²) in [4.78, 5) is 21.7. The monoisotopic (exact) mass is 345 g/mol. The van der Waals surface area contributed by atoms with Crippen molar-refractivity contribution >= 4 is 17.3 Å². The second-order valence-electron chi connectivity index (χ2n) is 6.13. The molecule has 5 heteroatoms. The molecule has 0 fully saturated rings. The number of benzene rings is 2. The second-order valence-corrected chi connectivity index (χ2v) is 6.13. The molecule has 0 saturated heterocycles. The molecule has 1 aliphatic rings. The SMILES string of the molecule is COc1ccc(N2C(=O)c3ccccc3N(C)C2c2ccccn2)cc1. The molecule has 2 aromatic carbocycles. The minimum Gasteiger partial charge on any atom is -0.497 e. The van der Waals surface area contributed by atoms with Gasteiger partial charge in [0.05, 0.1) is 24.1 Å². The molecule has 2 heterocycles. The summed E-state index contributed by atoms with van der Waals surface area (Å²) in [6.07, 6.45) is 1.42. The Morgan fingerprint density at radius 3 is 2.38 bits per heavy atom. The highest BCUT2D eigenvalue weighted by atomic mass is 16.5. The molecule has 0 bridgehead atoms. The fraction of sp³-hybridized carbons (Fsp3) is 0.143. The predicted octanol–water partition coefficient (Wildman–Crippen LogP) is 3.89. The highest BCUT2D eigenvalue weighted by Crippen LogP contribution is 2.40. The van der Waals surface area contributed by atoms with Crippen molar-refractivity contribution < 1.29 is 9.53 Å². The van der Waals surface area contributed by atoms with Crippen LogP contribution in [0, 0.1) is 0 Å². The van der Waals surface area contributed by atoms with E-state index in [1.54, 1.807) is 18.2 Å². The Bertz CT molecular complexity index is 926. The lowest BCUT2D eigenvalue weighted by Gasteiger charge is -2.43. The molecule has 0 radical (unpaired) electrons. The fourth-order valence-electron chi connectivity index (χ4n) is 3.37. The smallest absolute Gasteiger partial charge is 0.262 e. The standard InChI is InChI=1S/C21H19N3O2/c1-23-19-9-4-3-7-17(19)21(25)24(15-10-12-16(26-2)13-11-15)20(23)18-8-5-6-14-22-18/h3-14,20H,1-2H3. The molecule has 1 unspecified atom stereocenters. The number of pyridine rings is 1. The van der Waals surface area contributed by atoms with Crippen molar-refractivity contribution in [2.45, 2.75) is 6.17 Å². The van der Waals surface area contributed by atoms with E-state index >= 15 is 0 Å². The van der Waals surface area contributed by atoms with Crippen molar-refractivity contribution in [3.05, 3.63) is 84.2 Å². The van der Waals surface area contributed by atoms with Gasteiger partial charge in [-0.3, -0.25) is 14.7 Å². The van der Waals surface area contributed by atoms with Crippen molar-refractivity contribution in [2.75, 3.05) is 24.0 Å². The zero-order valence-electron chi connectivity index (χ0n) is 14.7. The molecule has 0 aliphatic carbocycles. The first-order chi connectivity index (χ1) is 12.7. The van der Waals surface area contributed by atoms with Gasteiger partial charge in [0.2, 0.25) is 0 Å². The molecule has 5 nitrogen and oxygen atoms in total. The Labute approximate surface area is 152 Å². The number of amides is 1. The lowest BCUT2D eigenvalue weighted by Crippen LogP contribution is -2.48. The number of aromatic nitrogens is 1. The first-order valence-electron chi connectivity index (χ1n) is 8.41. The van der Waals surface area contributed by atoms with Gasteiger partial charge in [0.15, 0.2) is 6.17 Å². The molecule has 130 valence electrons. The van der Waals surface area contributed by atoms with E-state index in [4.69, 9.17) is 4.74 Å². The molecule has 26 heavy (non-hydrogen) atoms. The maximum absolute atomic E-state index is 13.3. The molecular weight excluding hydrogens is 326 g/mol. The van der Waals surface area contributed by atoms with E-state index in [1.165, 1.54) is 0 Å². The normalized spacial score (nSPS) is 16.4. The zero-order chi connectivity index (χ0) is 18.1. The largest absolute Gasteiger partial charge is 0.497 e. The van der Waals surface area contributed by atoms with Gasteiger partial charge in [-0.15, -0.1) is 0 Å². The maximum atomic E-state index is 13.3. The summed E-state index contributed by atoms with van der Waals surface area (Å²) in [5.74, 6) is 0.709. The second kappa shape index (κ2) is 6.52. The number of para-hydroxylation sites is 1. The minimum atomic E-state index is -0.327. The fourth-order valence-corrected chi connectivity index (χ4v) is 3.37. The number of carbonyl (C=O) groups is 1. The molecule has 0 saturated carbocycles. The van der Waals surface area contributed by atoms with Gasteiger partial charge >= 0.3 is 0 Å². The van der Waals surface area contributed by atoms with Gasteiger partial charge in [-0.25, -0.2) is 0 Å². The average Bonchev–Trinajstić information content (AvgIpc) is 2.71. The van der Waals surface area contributed by atoms with E-state index < -0.39 is 0 Å². The van der Waals surface area contributed by atoms with E-state index in [2.05, 4.69) is 9.88 Å². The number of ether oxygens (including phenoxy) is 1. The number of hydrogen-bond donors (Lipinski definition) is 0. The molecule has 1 atom stereocenters. The van der Waals surface area contributed by atoms with Crippen LogP contribution < -0.4 is 14.5 Å². The number of nitrogens with zero attached hydrogens (tertiary/aromatic N) is 3. The lowest BCUT2D eigenvalue weighted by atomic mass is 10.0. The molecule has 1 amide bonds. The summed E-state index contributed by atoms with van der Waals surface area (Å²) < 4.78 is 5.25. The van der Waals surface area contributed by atoms with Gasteiger partial charge in [-0.2, -0.15) is 0 Å². The summed E-state index contributed by atoms with van der Waals surface area (Å²) in [7, 11) is 3.61. The summed E-state index contributed by atoms with van der Waals surface area (Å²) in [6.45, 7) is 0. The van der Waals surface area contributed by atoms with Gasteiger partial charge in [0.1, 0.15) is 5.75 Å². The Kier molecular flexibility index (Phi) is 4.05. The Hall–Kier alpha value is -3.34. The Morgan fingerprint density at radius 1 is 0.962 bits per heavy atom. The summed E-state index contributed by atoms with van der Waals surface area (Å²) in [5, 5.41) is 0. The van der Waals surface area contributed by atoms with Crippen molar-refractivity contribution in [3.8, 4) is 5.75 Å². The number of rotatable bonds is 3. The average molecular weight is 345 g/mol. The van der Waals surface area contributed by atoms with Crippen molar-refractivity contribution in [1.82, 2.24) is 4.98 Å². The zero-order valence-corrected chi connectivity index (χ0v) is 14.7. The third kappa shape index (κ3) is 2.58. The van der Waals surface area contributed by atoms with Gasteiger partial charge in [-0.1, -0.05) is 18.2 Å². The van der Waals surface area contributed by atoms with Crippen LogP contribution in [-0.2, 0) is 0 Å². The van der Waals surface area contributed by atoms with Gasteiger partial charge in [0.25, 0.3) is 5.91 Å². The van der Waals surface area contributed by atoms with Crippen LogP contribution in [0.5, 0.6) is 5.75 Å². The van der Waals surface area contributed by atoms with Gasteiger partial charge in [-0.05, 0) is 48.5 Å². The van der Waals surface area contributed by atoms with E-state index in [9.17, 15) is 4.79 Å². The van der Waals surface area contributed by atoms with Crippen LogP contribution >= 0.6 is 0 Å². The van der Waals surface area contributed by atoms with Crippen LogP contribution in [0.25, 0.3) is 0 Å². The minimum absolute atomic E-state index is 0.0421. The molecule has 3 aromatic rings. The number of anilines is 2. The van der Waals surface area contributed by atoms with Crippen molar-refractivity contribution in [1.29, 1.82) is 0 Å². The number of carbonyl (C=O) groups excluding carboxylic acids is 1. The highest BCUT2D eigenvalue weighted by Gasteiger charge is 2.38. The maximum Gasteiger partial charge on any atom is 0.262 e. The van der Waals surface area contributed by atoms with Crippen LogP contribution in [-0.4, -0.2) is 25.0 Å². The van der Waals surface area contributed by atoms with Crippen LogP contribution in [0.3, 0.4) is 0 Å². The van der Waals surface area contributed by atoms with Crippen LogP contribution in [0.1, 0.15) is 22.2 Å². The predicted molar refractivity (Wildman–Crippen MR) is 102 cm³/mol. The molecule has 4 rings (SSSR count). The Balaban J connectivity index is 1.88. The third-order valence-electron chi connectivity index (χ3n) is 4.65. The number of methoxy groups -OCH3 is 1. The lowest BCUT2D eigenvalue weighted by molar-refractivity contribution is 0.0969. The van der Waals surface area contributed by atoms with Crippen LogP contribution in [0.4, 0.5) is 11.4 Å². The van der Waals surface area contributed by atoms with E-state index in [0.717, 1.165) is 22.8 Å². The topological polar surface area (TPSA) is 45.7 Å². The molecule has 1 aromatic heterocycles. The first-order valence-corrected chi connectivity index (χ1v) is 8.41. The van der Waals surface area contributed by atoms with Crippen molar-refractivity contribution in [2.24, 2.45) is 0 Å². The quantitative estimate of drug-likeness (QED) is 0.722. The van der Waals surface area contributed by atoms with E-state index in [-0.39, 0.29) is 12.1 Å². The van der Waals surface area contributed by atoms with Crippen LogP contribution in [0.15, 0.2) is 72.9 Å². The van der Waals surface area contributed by atoms with Gasteiger partial charge in [0, 0.05) is 18.9 Å². The molecule has 0 spiro atoms. The summed E-state index contributed by atoms with van der Waals surface area (Å²) >= 11 is 0. The van der Waals surface area contributed by atoms with E-state index in [0.29, 0.717) is 5.56 Å². The van der Waals surface area contributed by atoms with Crippen molar-refractivity contribution in [3.63, 3.8) is 0 Å². The molecular formula is C21H19N3O2. The van der Waals surface area contributed by atoms with E-state index in [1.807, 2.05) is 73.8 Å². The number of hydrogen-bond acceptors (Lipinski definition) is 4. The molecule has 1 aliphatic heterocycles. The third-order valence-corrected chi connectivity index (χ3v) is 4.65. The van der Waals surface area contributed by atoms with Crippen LogP contribution in [0.2, 0.25) is 0 Å². The van der Waals surface area contributed by atoms with Gasteiger partial charge < -0.3 is 9.64 Å². The summed E-state index contributed by atoms with van der Waals surface area (Å²) in [5.41, 5.74) is 3.19. The first kappa shape index (κ1) is 16.1. The molecule has 0 N–H and O–H groups in total. The highest BCUT2D eigenvalue weighted by molar-refractivity contribution is 6.12. The number of fused-ring (bicyclic) bond motifs is 1. The summed E-state index contributed by atoms with van der Waals surface area (Å²) in [6, 6.07) is 20.9.